The lowest BCUT2D eigenvalue weighted by molar-refractivity contribution is -0.138. The van der Waals surface area contributed by atoms with E-state index in [1.807, 2.05) is 0 Å². The van der Waals surface area contributed by atoms with Crippen molar-refractivity contribution in [2.24, 2.45) is 20.5 Å². The van der Waals surface area contributed by atoms with Crippen LogP contribution in [0.4, 0.5) is 60.5 Å². The molecule has 0 heterocycles. The Hall–Kier alpha value is -6.74. The van der Waals surface area contributed by atoms with Crippen LogP contribution in [-0.4, -0.2) is 47.3 Å². The maximum Gasteiger partial charge on any atom is 0.417 e. The zero-order valence-electron chi connectivity index (χ0n) is 35.3. The van der Waals surface area contributed by atoms with Gasteiger partial charge in [0.2, 0.25) is 12.1 Å². The summed E-state index contributed by atoms with van der Waals surface area (Å²) < 4.78 is 80.1. The van der Waals surface area contributed by atoms with E-state index >= 15 is 0 Å². The fourth-order valence-corrected chi connectivity index (χ4v) is 6.90. The normalized spacial score (nSPS) is 12.7. The van der Waals surface area contributed by atoms with E-state index in [0.29, 0.717) is 23.3 Å². The number of carbonyl (C=O) groups excluding carboxylic acids is 6. The average Bonchev–Trinajstić information content (AvgIpc) is 3.25. The molecule has 5 aromatic carbocycles. The second kappa shape index (κ2) is 21.5. The number of azo groups is 2. The number of hydrogen-bond donors (Lipinski definition) is 4. The molecule has 0 saturated carbocycles. The number of rotatable bonds is 14. The molecule has 0 aromatic heterocycles. The van der Waals surface area contributed by atoms with Crippen LogP contribution in [0.2, 0.25) is 20.1 Å². The van der Waals surface area contributed by atoms with Crippen LogP contribution in [0.15, 0.2) is 105 Å². The largest absolute Gasteiger partial charge is 0.417 e. The number of amides is 4. The van der Waals surface area contributed by atoms with E-state index in [1.54, 1.807) is 13.8 Å². The number of hydrogen-bond acceptors (Lipinski definition) is 10. The summed E-state index contributed by atoms with van der Waals surface area (Å²) in [4.78, 5) is 78.0. The molecule has 4 amide bonds. The van der Waals surface area contributed by atoms with Gasteiger partial charge in [0.1, 0.15) is 11.4 Å². The summed E-state index contributed by atoms with van der Waals surface area (Å²) >= 11 is 24.1. The van der Waals surface area contributed by atoms with Crippen LogP contribution in [0.3, 0.4) is 0 Å². The molecule has 14 nitrogen and oxygen atoms in total. The molecular weight excluding hydrogens is 992 g/mol. The first-order valence-corrected chi connectivity index (χ1v) is 20.8. The molecule has 0 aliphatic rings. The fraction of sp³-hybridized carbons (Fsp3) is 0.182. The summed E-state index contributed by atoms with van der Waals surface area (Å²) in [5, 5.41) is 23.5. The highest BCUT2D eigenvalue weighted by atomic mass is 35.5. The van der Waals surface area contributed by atoms with Gasteiger partial charge in [-0.05, 0) is 112 Å². The Morgan fingerprint density at radius 1 is 0.515 bits per heavy atom. The average molecular weight is 1020 g/mol. The number of benzene rings is 5. The number of nitrogens with one attached hydrogen (secondary N) is 4. The lowest BCUT2D eigenvalue weighted by atomic mass is 10.0. The van der Waals surface area contributed by atoms with Gasteiger partial charge in [-0.2, -0.15) is 46.8 Å². The van der Waals surface area contributed by atoms with Gasteiger partial charge in [0.25, 0.3) is 23.6 Å². The van der Waals surface area contributed by atoms with E-state index in [2.05, 4.69) is 41.7 Å². The molecule has 68 heavy (non-hydrogen) atoms. The predicted octanol–water partition coefficient (Wildman–Crippen LogP) is 12.8. The minimum atomic E-state index is -4.80. The van der Waals surface area contributed by atoms with Gasteiger partial charge in [-0.1, -0.05) is 58.5 Å². The molecule has 0 radical (unpaired) electrons. The van der Waals surface area contributed by atoms with Crippen LogP contribution >= 0.6 is 46.4 Å². The SMILES string of the molecule is CC(=O)C(N=Nc1cccc(C(=O)Nc2ccc(Cl)c(C(F)(F)F)c2)c1Cl)C(=O)Nc1ccc(NC(=O)C(N=Nc2cccc(C(=O)Nc3ccc(Cl)c(C(F)(F)F)c3)c2Cl)C(C)=O)c(C)c1C. The third-order valence-electron chi connectivity index (χ3n) is 9.64. The minimum Gasteiger partial charge on any atom is -0.324 e. The van der Waals surface area contributed by atoms with Crippen LogP contribution in [0, 0.1) is 13.8 Å². The second-order valence-corrected chi connectivity index (χ2v) is 16.0. The first-order valence-electron chi connectivity index (χ1n) is 19.3. The fourth-order valence-electron chi connectivity index (χ4n) is 5.95. The van der Waals surface area contributed by atoms with Crippen LogP contribution in [0.25, 0.3) is 0 Å². The van der Waals surface area contributed by atoms with Gasteiger partial charge in [-0.3, -0.25) is 28.8 Å². The Morgan fingerprint density at radius 2 is 0.868 bits per heavy atom. The van der Waals surface area contributed by atoms with Crippen molar-refractivity contribution in [2.75, 3.05) is 21.3 Å². The van der Waals surface area contributed by atoms with Crippen molar-refractivity contribution in [1.82, 2.24) is 0 Å². The number of Topliss-reactive ketones (excluding diaryl/α,β-unsaturated/α-hetero) is 2. The summed E-state index contributed by atoms with van der Waals surface area (Å²) in [6, 6.07) is 12.6. The Kier molecular flexibility index (Phi) is 16.5. The topological polar surface area (TPSA) is 200 Å². The van der Waals surface area contributed by atoms with Gasteiger partial charge < -0.3 is 21.3 Å². The Morgan fingerprint density at radius 3 is 1.19 bits per heavy atom. The van der Waals surface area contributed by atoms with Crippen molar-refractivity contribution in [1.29, 1.82) is 0 Å². The standard InChI is InChI=1S/C44H32Cl4F6N8O6/c1-19-20(2)32(58-42(68)38(22(4)64)62-60-34-10-6-8-26(36(34)48)40(66)56-24-12-14-30(46)28(18-24)44(52,53)54)16-15-31(19)57-41(67)37(21(3)63)61-59-33-9-5-7-25(35(33)47)39(65)55-23-11-13-29(45)27(17-23)43(49,50)51/h5-18,37-38H,1-4H3,(H,55,65)(H,56,66)(H,57,67)(H,58,68). The van der Waals surface area contributed by atoms with E-state index < -0.39 is 80.8 Å². The molecule has 5 rings (SSSR count). The monoisotopic (exact) mass is 1020 g/mol. The Balaban J connectivity index is 1.27. The second-order valence-electron chi connectivity index (χ2n) is 14.4. The third-order valence-corrected chi connectivity index (χ3v) is 11.1. The molecule has 0 aliphatic heterocycles. The van der Waals surface area contributed by atoms with Crippen molar-refractivity contribution >= 4 is 116 Å². The van der Waals surface area contributed by atoms with E-state index in [0.717, 1.165) is 38.1 Å². The third kappa shape index (κ3) is 12.6. The minimum absolute atomic E-state index is 0.163. The van der Waals surface area contributed by atoms with Crippen molar-refractivity contribution < 1.29 is 55.1 Å². The summed E-state index contributed by atoms with van der Waals surface area (Å²) in [6.45, 7) is 5.28. The maximum absolute atomic E-state index is 13.4. The molecule has 0 bridgehead atoms. The summed E-state index contributed by atoms with van der Waals surface area (Å²) in [7, 11) is 0. The number of nitrogens with zero attached hydrogens (tertiary/aromatic N) is 4. The van der Waals surface area contributed by atoms with Crippen molar-refractivity contribution in [3.8, 4) is 0 Å². The smallest absolute Gasteiger partial charge is 0.324 e. The predicted molar refractivity (Wildman–Crippen MR) is 243 cm³/mol. The molecule has 2 unspecified atom stereocenters. The van der Waals surface area contributed by atoms with Crippen LogP contribution in [0.5, 0.6) is 0 Å². The molecule has 0 aliphatic carbocycles. The van der Waals surface area contributed by atoms with E-state index in [9.17, 15) is 55.1 Å². The van der Waals surface area contributed by atoms with Gasteiger partial charge >= 0.3 is 12.4 Å². The van der Waals surface area contributed by atoms with Crippen molar-refractivity contribution in [3.05, 3.63) is 138 Å². The number of anilines is 4. The highest BCUT2D eigenvalue weighted by molar-refractivity contribution is 6.37. The molecule has 0 fully saturated rings. The Labute approximate surface area is 401 Å². The molecule has 24 heteroatoms. The lowest BCUT2D eigenvalue weighted by Gasteiger charge is -2.17. The highest BCUT2D eigenvalue weighted by Crippen LogP contribution is 2.39. The molecular formula is C44H32Cl4F6N8O6. The highest BCUT2D eigenvalue weighted by Gasteiger charge is 2.35. The van der Waals surface area contributed by atoms with Gasteiger partial charge in [0.05, 0.1) is 42.3 Å². The zero-order chi connectivity index (χ0) is 50.4. The molecule has 0 spiro atoms. The van der Waals surface area contributed by atoms with Crippen LogP contribution in [0.1, 0.15) is 56.8 Å². The van der Waals surface area contributed by atoms with Gasteiger partial charge in [0.15, 0.2) is 11.6 Å². The maximum atomic E-state index is 13.4. The number of halogens is 10. The van der Waals surface area contributed by atoms with E-state index in [-0.39, 0.29) is 55.3 Å². The van der Waals surface area contributed by atoms with Gasteiger partial charge in [-0.25, -0.2) is 0 Å². The van der Waals surface area contributed by atoms with Gasteiger partial charge in [0, 0.05) is 22.7 Å². The molecule has 5 aromatic rings. The van der Waals surface area contributed by atoms with Crippen molar-refractivity contribution in [2.45, 2.75) is 52.1 Å². The van der Waals surface area contributed by atoms with Crippen LogP contribution in [-0.2, 0) is 31.5 Å². The molecule has 354 valence electrons. The molecule has 2 atom stereocenters. The summed E-state index contributed by atoms with van der Waals surface area (Å²) in [5.74, 6) is -5.21. The zero-order valence-corrected chi connectivity index (χ0v) is 38.3. The summed E-state index contributed by atoms with van der Waals surface area (Å²) in [5.41, 5.74) is -2.45. The van der Waals surface area contributed by atoms with Gasteiger partial charge in [-0.15, -0.1) is 0 Å². The number of carbonyl (C=O) groups is 6. The van der Waals surface area contributed by atoms with Crippen LogP contribution < -0.4 is 21.3 Å². The first kappa shape index (κ1) is 52.2. The number of ketones is 2. The molecule has 0 saturated heterocycles. The van der Waals surface area contributed by atoms with Crippen molar-refractivity contribution in [3.63, 3.8) is 0 Å². The Bertz CT molecular complexity index is 2740. The molecule has 4 N–H and O–H groups in total. The quantitative estimate of drug-likeness (QED) is 0.0484. The van der Waals surface area contributed by atoms with E-state index in [4.69, 9.17) is 46.4 Å². The summed E-state index contributed by atoms with van der Waals surface area (Å²) in [6.07, 6.45) is -9.59. The first-order chi connectivity index (χ1) is 31.8. The van der Waals surface area contributed by atoms with E-state index in [1.165, 1.54) is 48.5 Å². The lowest BCUT2D eigenvalue weighted by Crippen LogP contribution is -2.33. The number of alkyl halides is 6.